The lowest BCUT2D eigenvalue weighted by Gasteiger charge is -2.05. The fraction of sp³-hybridized carbons (Fsp3) is 1.00. The standard InChI is InChI=1S/C21H45N.H3O4P/c1-3-5-7-9-11-12-13-14-15-17-19-21-22-20-18-16-10-8-6-4-2;1-5(2,3)4/h22H,3-21H2,1-2H3;(H3,1,2,3,4). The Hall–Kier alpha value is 0.0700. The predicted octanol–water partition coefficient (Wildman–Crippen LogP) is 6.32. The molecule has 0 aliphatic rings. The lowest BCUT2D eigenvalue weighted by molar-refractivity contribution is 0.275. The van der Waals surface area contributed by atoms with Gasteiger partial charge in [0.05, 0.1) is 0 Å². The lowest BCUT2D eigenvalue weighted by atomic mass is 10.1. The molecule has 0 fully saturated rings. The Kier molecular flexibility index (Phi) is 26.1. The van der Waals surface area contributed by atoms with Crippen LogP contribution in [0.3, 0.4) is 0 Å². The van der Waals surface area contributed by atoms with Crippen LogP contribution in [-0.2, 0) is 4.57 Å². The van der Waals surface area contributed by atoms with Crippen LogP contribution in [0.15, 0.2) is 0 Å². The Morgan fingerprint density at radius 3 is 1.00 bits per heavy atom. The van der Waals surface area contributed by atoms with Gasteiger partial charge in [-0.05, 0) is 25.9 Å². The number of hydrogen-bond donors (Lipinski definition) is 4. The van der Waals surface area contributed by atoms with E-state index in [1.54, 1.807) is 0 Å². The van der Waals surface area contributed by atoms with Gasteiger partial charge in [-0.25, -0.2) is 4.57 Å². The number of nitrogens with one attached hydrogen (secondary N) is 1. The van der Waals surface area contributed by atoms with E-state index >= 15 is 0 Å². The summed E-state index contributed by atoms with van der Waals surface area (Å²) in [5.74, 6) is 0. The van der Waals surface area contributed by atoms with Crippen molar-refractivity contribution in [2.75, 3.05) is 13.1 Å². The van der Waals surface area contributed by atoms with Crippen molar-refractivity contribution in [2.24, 2.45) is 0 Å². The van der Waals surface area contributed by atoms with Crippen molar-refractivity contribution < 1.29 is 19.2 Å². The smallest absolute Gasteiger partial charge is 0.317 e. The predicted molar refractivity (Wildman–Crippen MR) is 117 cm³/mol. The average Bonchev–Trinajstić information content (AvgIpc) is 2.59. The molecule has 0 rings (SSSR count). The number of phosphoric acid groups is 1. The molecule has 0 radical (unpaired) electrons. The highest BCUT2D eigenvalue weighted by atomic mass is 31.2. The maximum Gasteiger partial charge on any atom is 0.466 e. The van der Waals surface area contributed by atoms with Gasteiger partial charge >= 0.3 is 7.82 Å². The molecule has 0 aliphatic heterocycles. The molecular formula is C21H48NO4P. The largest absolute Gasteiger partial charge is 0.466 e. The minimum Gasteiger partial charge on any atom is -0.317 e. The SMILES string of the molecule is CCCCCCCCCCCCCNCCCCCCCC.O=P(O)(O)O. The molecule has 166 valence electrons. The molecule has 0 spiro atoms. The number of unbranched alkanes of at least 4 members (excludes halogenated alkanes) is 15. The normalized spacial score (nSPS) is 11.3. The molecule has 4 N–H and O–H groups in total. The van der Waals surface area contributed by atoms with Crippen molar-refractivity contribution in [2.45, 2.75) is 123 Å². The molecule has 0 atom stereocenters. The molecule has 0 amide bonds. The van der Waals surface area contributed by atoms with Crippen LogP contribution in [0.1, 0.15) is 123 Å². The van der Waals surface area contributed by atoms with Crippen LogP contribution < -0.4 is 5.32 Å². The Bertz CT molecular complexity index is 282. The first kappa shape index (κ1) is 29.3. The van der Waals surface area contributed by atoms with Crippen LogP contribution >= 0.6 is 7.82 Å². The maximum atomic E-state index is 8.88. The van der Waals surface area contributed by atoms with Gasteiger partial charge in [0, 0.05) is 0 Å². The molecule has 5 nitrogen and oxygen atoms in total. The van der Waals surface area contributed by atoms with Gasteiger partial charge in [0.2, 0.25) is 0 Å². The molecule has 0 aromatic rings. The summed E-state index contributed by atoms with van der Waals surface area (Å²) in [7, 11) is -4.64. The van der Waals surface area contributed by atoms with Gasteiger partial charge in [-0.2, -0.15) is 0 Å². The minimum atomic E-state index is -4.64. The highest BCUT2D eigenvalue weighted by Gasteiger charge is 2.00. The van der Waals surface area contributed by atoms with E-state index in [0.717, 1.165) is 0 Å². The van der Waals surface area contributed by atoms with Crippen LogP contribution in [0.25, 0.3) is 0 Å². The fourth-order valence-electron chi connectivity index (χ4n) is 3.07. The van der Waals surface area contributed by atoms with Crippen LogP contribution in [0, 0.1) is 0 Å². The summed E-state index contributed by atoms with van der Waals surface area (Å²) in [4.78, 5) is 21.6. The molecule has 0 heterocycles. The molecule has 0 saturated heterocycles. The van der Waals surface area contributed by atoms with Crippen molar-refractivity contribution >= 4 is 7.82 Å². The van der Waals surface area contributed by atoms with Gasteiger partial charge < -0.3 is 20.0 Å². The number of hydrogen-bond acceptors (Lipinski definition) is 2. The van der Waals surface area contributed by atoms with Crippen molar-refractivity contribution in [3.63, 3.8) is 0 Å². The summed E-state index contributed by atoms with van der Waals surface area (Å²) in [6.07, 6.45) is 24.3. The third kappa shape index (κ3) is 41.5. The molecule has 0 aromatic carbocycles. The summed E-state index contributed by atoms with van der Waals surface area (Å²) in [6, 6.07) is 0. The molecule has 0 bridgehead atoms. The third-order valence-electron chi connectivity index (χ3n) is 4.66. The van der Waals surface area contributed by atoms with Gasteiger partial charge in [0.25, 0.3) is 0 Å². The van der Waals surface area contributed by atoms with Gasteiger partial charge in [-0.3, -0.25) is 0 Å². The molecule has 6 heteroatoms. The average molecular weight is 410 g/mol. The van der Waals surface area contributed by atoms with Crippen LogP contribution in [0.4, 0.5) is 0 Å². The van der Waals surface area contributed by atoms with E-state index in [1.807, 2.05) is 0 Å². The molecule has 0 aromatic heterocycles. The van der Waals surface area contributed by atoms with E-state index in [0.29, 0.717) is 0 Å². The summed E-state index contributed by atoms with van der Waals surface area (Å²) >= 11 is 0. The summed E-state index contributed by atoms with van der Waals surface area (Å²) < 4.78 is 8.88. The second-order valence-electron chi connectivity index (χ2n) is 7.57. The van der Waals surface area contributed by atoms with Crippen molar-refractivity contribution in [3.8, 4) is 0 Å². The first-order valence-electron chi connectivity index (χ1n) is 11.4. The van der Waals surface area contributed by atoms with Crippen LogP contribution in [0.2, 0.25) is 0 Å². The number of rotatable bonds is 19. The van der Waals surface area contributed by atoms with Gasteiger partial charge in [0.15, 0.2) is 0 Å². The van der Waals surface area contributed by atoms with Crippen LogP contribution in [0.5, 0.6) is 0 Å². The topological polar surface area (TPSA) is 89.8 Å². The van der Waals surface area contributed by atoms with E-state index in [-0.39, 0.29) is 0 Å². The van der Waals surface area contributed by atoms with Crippen molar-refractivity contribution in [1.29, 1.82) is 0 Å². The summed E-state index contributed by atoms with van der Waals surface area (Å²) in [5.41, 5.74) is 0. The van der Waals surface area contributed by atoms with Gasteiger partial charge in [-0.1, -0.05) is 110 Å². The zero-order valence-corrected chi connectivity index (χ0v) is 19.0. The molecular weight excluding hydrogens is 361 g/mol. The fourth-order valence-corrected chi connectivity index (χ4v) is 3.07. The monoisotopic (exact) mass is 409 g/mol. The van der Waals surface area contributed by atoms with Gasteiger partial charge in [0.1, 0.15) is 0 Å². The summed E-state index contributed by atoms with van der Waals surface area (Å²) in [6.45, 7) is 7.06. The van der Waals surface area contributed by atoms with E-state index in [2.05, 4.69) is 19.2 Å². The van der Waals surface area contributed by atoms with E-state index < -0.39 is 7.82 Å². The second kappa shape index (κ2) is 24.1. The summed E-state index contributed by atoms with van der Waals surface area (Å²) in [5, 5.41) is 3.61. The first-order valence-corrected chi connectivity index (χ1v) is 13.0. The first-order chi connectivity index (χ1) is 12.9. The van der Waals surface area contributed by atoms with Crippen molar-refractivity contribution in [1.82, 2.24) is 5.32 Å². The Morgan fingerprint density at radius 1 is 0.519 bits per heavy atom. The van der Waals surface area contributed by atoms with Crippen molar-refractivity contribution in [3.05, 3.63) is 0 Å². The third-order valence-corrected chi connectivity index (χ3v) is 4.66. The van der Waals surface area contributed by atoms with E-state index in [4.69, 9.17) is 19.2 Å². The van der Waals surface area contributed by atoms with Gasteiger partial charge in [-0.15, -0.1) is 0 Å². The molecule has 27 heavy (non-hydrogen) atoms. The molecule has 0 aliphatic carbocycles. The molecule has 0 saturated carbocycles. The Morgan fingerprint density at radius 2 is 0.741 bits per heavy atom. The zero-order valence-electron chi connectivity index (χ0n) is 18.1. The maximum absolute atomic E-state index is 8.88. The zero-order chi connectivity index (χ0) is 20.6. The van der Waals surface area contributed by atoms with E-state index in [9.17, 15) is 0 Å². The molecule has 0 unspecified atom stereocenters. The Balaban J connectivity index is 0. The quantitative estimate of drug-likeness (QED) is 0.148. The Labute approximate surface area is 169 Å². The van der Waals surface area contributed by atoms with E-state index in [1.165, 1.54) is 122 Å². The minimum absolute atomic E-state index is 1.24. The highest BCUT2D eigenvalue weighted by Crippen LogP contribution is 2.25. The van der Waals surface area contributed by atoms with Crippen LogP contribution in [-0.4, -0.2) is 27.8 Å². The highest BCUT2D eigenvalue weighted by molar-refractivity contribution is 7.45. The second-order valence-corrected chi connectivity index (χ2v) is 8.59. The lowest BCUT2D eigenvalue weighted by Crippen LogP contribution is -2.16.